The molecule has 0 bridgehead atoms. The van der Waals surface area contributed by atoms with E-state index in [0.29, 0.717) is 44.5 Å². The van der Waals surface area contributed by atoms with Gasteiger partial charge in [-0.05, 0) is 61.8 Å². The van der Waals surface area contributed by atoms with Gasteiger partial charge in [0.25, 0.3) is 5.91 Å². The first-order chi connectivity index (χ1) is 26.3. The molecule has 1 aliphatic heterocycles. The Balaban J connectivity index is 1.46. The van der Waals surface area contributed by atoms with Crippen molar-refractivity contribution in [3.05, 3.63) is 137 Å². The molecule has 3 aromatic carbocycles. The lowest BCUT2D eigenvalue weighted by molar-refractivity contribution is -0.135. The Bertz CT molecular complexity index is 1970. The highest BCUT2D eigenvalue weighted by atomic mass is 16.5. The molecule has 1 saturated heterocycles. The summed E-state index contributed by atoms with van der Waals surface area (Å²) in [5.74, 6) is -1.40. The van der Waals surface area contributed by atoms with Gasteiger partial charge in [0.05, 0.1) is 19.8 Å². The molecule has 2 unspecified atom stereocenters. The van der Waals surface area contributed by atoms with Crippen LogP contribution in [0.3, 0.4) is 0 Å². The number of hydrogen-bond donors (Lipinski definition) is 1. The Morgan fingerprint density at radius 3 is 2.19 bits per heavy atom. The van der Waals surface area contributed by atoms with Gasteiger partial charge in [0, 0.05) is 30.8 Å². The van der Waals surface area contributed by atoms with Gasteiger partial charge < -0.3 is 33.1 Å². The van der Waals surface area contributed by atoms with Crippen LogP contribution in [0.2, 0.25) is 0 Å². The molecular formula is C41H43N4O9. The first-order valence-corrected chi connectivity index (χ1v) is 18.0. The van der Waals surface area contributed by atoms with E-state index in [1.165, 1.54) is 13.5 Å². The Kier molecular flexibility index (Phi) is 12.8. The average molecular weight is 736 g/mol. The third kappa shape index (κ3) is 9.39. The van der Waals surface area contributed by atoms with Crippen LogP contribution in [0.25, 0.3) is 0 Å². The molecule has 1 radical (unpaired) electrons. The lowest BCUT2D eigenvalue weighted by Crippen LogP contribution is -2.42. The number of methoxy groups -OCH3 is 1. The van der Waals surface area contributed by atoms with Gasteiger partial charge in [-0.15, -0.1) is 10.2 Å². The van der Waals surface area contributed by atoms with Crippen molar-refractivity contribution in [2.75, 3.05) is 33.4 Å². The fourth-order valence-electron chi connectivity index (χ4n) is 6.72. The van der Waals surface area contributed by atoms with Crippen LogP contribution in [0, 0.1) is 5.92 Å². The van der Waals surface area contributed by atoms with E-state index in [1.54, 1.807) is 17.9 Å². The van der Waals surface area contributed by atoms with E-state index >= 15 is 0 Å². The Hall–Kier alpha value is -5.82. The quantitative estimate of drug-likeness (QED) is 0.126. The third-order valence-electron chi connectivity index (χ3n) is 9.47. The van der Waals surface area contributed by atoms with E-state index in [2.05, 4.69) is 15.2 Å². The van der Waals surface area contributed by atoms with Crippen molar-refractivity contribution in [3.8, 4) is 5.75 Å². The zero-order valence-corrected chi connectivity index (χ0v) is 30.3. The first kappa shape index (κ1) is 37.9. The number of carbonyl (C=O) groups excluding carboxylic acids is 3. The van der Waals surface area contributed by atoms with Crippen LogP contribution in [0.15, 0.2) is 100 Å². The maximum atomic E-state index is 13.2. The normalized spacial score (nSPS) is 14.4. The fraction of sp³-hybridized carbons (Fsp3) is 0.341. The number of amides is 1. The molecule has 2 atom stereocenters. The molecule has 0 aliphatic carbocycles. The summed E-state index contributed by atoms with van der Waals surface area (Å²) >= 11 is 0. The standard InChI is InChI=1S/C41H43N4O9/c1-3-51-41(49)39-44-43-38(54-39)33(23-28-14-8-5-9-15-28)31(32(22-27-12-6-4-7-13-27)37-36(40(48)50-2)42-26-53-37)24-29-16-10-11-17-34(29)52-25-35(47)45-20-18-30(46)19-21-45/h4-17,26,30,32-33,46H,3,18-25H2,1-2H3. The van der Waals surface area contributed by atoms with Crippen molar-refractivity contribution in [2.45, 2.75) is 57.0 Å². The number of aliphatic hydroxyl groups excluding tert-OH is 1. The third-order valence-corrected chi connectivity index (χ3v) is 9.47. The van der Waals surface area contributed by atoms with E-state index in [4.69, 9.17) is 23.0 Å². The highest BCUT2D eigenvalue weighted by Crippen LogP contribution is 2.45. The molecule has 6 rings (SSSR count). The van der Waals surface area contributed by atoms with Gasteiger partial charge in [-0.2, -0.15) is 0 Å². The molecular weight excluding hydrogens is 692 g/mol. The maximum absolute atomic E-state index is 13.2. The molecule has 5 aromatic rings. The Morgan fingerprint density at radius 2 is 1.52 bits per heavy atom. The number of carbonyl (C=O) groups is 3. The number of piperidine rings is 1. The molecule has 1 fully saturated rings. The fourth-order valence-corrected chi connectivity index (χ4v) is 6.72. The number of rotatable bonds is 16. The molecule has 13 heteroatoms. The zero-order valence-electron chi connectivity index (χ0n) is 30.3. The highest BCUT2D eigenvalue weighted by molar-refractivity contribution is 5.88. The number of aromatic nitrogens is 3. The number of nitrogens with zero attached hydrogens (tertiary/aromatic N) is 4. The van der Waals surface area contributed by atoms with E-state index < -0.39 is 29.9 Å². The minimum atomic E-state index is -0.744. The van der Waals surface area contributed by atoms with E-state index in [0.717, 1.165) is 22.6 Å². The van der Waals surface area contributed by atoms with Crippen LogP contribution in [-0.2, 0) is 33.5 Å². The van der Waals surface area contributed by atoms with Gasteiger partial charge in [-0.3, -0.25) is 4.79 Å². The molecule has 1 N–H and O–H groups in total. The van der Waals surface area contributed by atoms with Gasteiger partial charge in [0.15, 0.2) is 18.7 Å². The maximum Gasteiger partial charge on any atom is 0.396 e. The zero-order chi connectivity index (χ0) is 37.9. The molecule has 281 valence electrons. The first-order valence-electron chi connectivity index (χ1n) is 18.0. The van der Waals surface area contributed by atoms with Gasteiger partial charge >= 0.3 is 17.8 Å². The monoisotopic (exact) mass is 735 g/mol. The SMILES string of the molecule is CCOC(=O)c1nnc(C(Cc2ccccc2)[C](Cc2ccccc2OCC(=O)N2CCC(O)CC2)C(Cc2ccccc2)c2ocnc2C(=O)OC)o1. The van der Waals surface area contributed by atoms with Crippen LogP contribution in [0.4, 0.5) is 0 Å². The molecule has 13 nitrogen and oxygen atoms in total. The summed E-state index contributed by atoms with van der Waals surface area (Å²) in [6.07, 6.45) is 2.85. The van der Waals surface area contributed by atoms with E-state index in [9.17, 15) is 19.5 Å². The van der Waals surface area contributed by atoms with E-state index in [-0.39, 0.29) is 48.8 Å². The number of oxazole rings is 1. The van der Waals surface area contributed by atoms with Crippen molar-refractivity contribution in [1.29, 1.82) is 0 Å². The van der Waals surface area contributed by atoms with Crippen LogP contribution in [-0.4, -0.2) is 82.6 Å². The summed E-state index contributed by atoms with van der Waals surface area (Å²) in [7, 11) is 1.28. The smallest absolute Gasteiger partial charge is 0.396 e. The topological polar surface area (TPSA) is 167 Å². The van der Waals surface area contributed by atoms with Crippen molar-refractivity contribution >= 4 is 17.8 Å². The Morgan fingerprint density at radius 1 is 0.870 bits per heavy atom. The molecule has 2 aromatic heterocycles. The summed E-state index contributed by atoms with van der Waals surface area (Å²) in [6, 6.07) is 26.9. The summed E-state index contributed by atoms with van der Waals surface area (Å²) < 4.78 is 28.7. The largest absolute Gasteiger partial charge is 0.483 e. The van der Waals surface area contributed by atoms with Crippen molar-refractivity contribution < 1.29 is 42.5 Å². The molecule has 54 heavy (non-hydrogen) atoms. The van der Waals surface area contributed by atoms with Gasteiger partial charge in [-0.25, -0.2) is 14.6 Å². The lowest BCUT2D eigenvalue weighted by Gasteiger charge is -2.32. The van der Waals surface area contributed by atoms with Crippen LogP contribution in [0.5, 0.6) is 5.75 Å². The summed E-state index contributed by atoms with van der Waals surface area (Å²) in [6.45, 7) is 2.55. The van der Waals surface area contributed by atoms with Crippen molar-refractivity contribution in [3.63, 3.8) is 0 Å². The minimum Gasteiger partial charge on any atom is -0.483 e. The second-order valence-corrected chi connectivity index (χ2v) is 13.0. The van der Waals surface area contributed by atoms with Crippen molar-refractivity contribution in [1.82, 2.24) is 20.1 Å². The molecule has 1 aliphatic rings. The van der Waals surface area contributed by atoms with Crippen LogP contribution < -0.4 is 4.74 Å². The summed E-state index contributed by atoms with van der Waals surface area (Å²) in [5, 5.41) is 18.4. The summed E-state index contributed by atoms with van der Waals surface area (Å²) in [5.41, 5.74) is 2.66. The average Bonchev–Trinajstić information content (AvgIpc) is 3.90. The molecule has 0 saturated carbocycles. The molecule has 1 amide bonds. The molecule has 0 spiro atoms. The number of ether oxygens (including phenoxy) is 3. The van der Waals surface area contributed by atoms with E-state index in [1.807, 2.05) is 78.9 Å². The lowest BCUT2D eigenvalue weighted by atomic mass is 9.71. The van der Waals surface area contributed by atoms with Gasteiger partial charge in [-0.1, -0.05) is 78.9 Å². The second-order valence-electron chi connectivity index (χ2n) is 13.0. The van der Waals surface area contributed by atoms with Gasteiger partial charge in [0.1, 0.15) is 11.5 Å². The van der Waals surface area contributed by atoms with Gasteiger partial charge in [0.2, 0.25) is 5.89 Å². The predicted molar refractivity (Wildman–Crippen MR) is 195 cm³/mol. The van der Waals surface area contributed by atoms with Crippen LogP contribution >= 0.6 is 0 Å². The number of para-hydroxylation sites is 1. The number of esters is 2. The number of hydrogen-bond acceptors (Lipinski definition) is 12. The number of benzene rings is 3. The number of likely N-dealkylation sites (tertiary alicyclic amines) is 1. The highest BCUT2D eigenvalue weighted by Gasteiger charge is 2.41. The van der Waals surface area contributed by atoms with Crippen LogP contribution in [0.1, 0.15) is 81.1 Å². The predicted octanol–water partition coefficient (Wildman–Crippen LogP) is 5.55. The Labute approximate surface area is 313 Å². The summed E-state index contributed by atoms with van der Waals surface area (Å²) in [4.78, 5) is 45.1. The second kappa shape index (κ2) is 18.3. The minimum absolute atomic E-state index is 0.0221. The van der Waals surface area contributed by atoms with Crippen molar-refractivity contribution in [2.24, 2.45) is 0 Å². The number of aliphatic hydroxyl groups is 1. The molecule has 3 heterocycles.